The van der Waals surface area contributed by atoms with Crippen molar-refractivity contribution in [3.63, 3.8) is 0 Å². The fourth-order valence-corrected chi connectivity index (χ4v) is 2.90. The van der Waals surface area contributed by atoms with E-state index in [0.717, 1.165) is 24.4 Å². The van der Waals surface area contributed by atoms with Crippen molar-refractivity contribution in [3.05, 3.63) is 59.4 Å². The van der Waals surface area contributed by atoms with Crippen molar-refractivity contribution in [2.75, 3.05) is 13.2 Å². The highest BCUT2D eigenvalue weighted by molar-refractivity contribution is 7.89. The number of sulfonamides is 1. The molecule has 25 heavy (non-hydrogen) atoms. The van der Waals surface area contributed by atoms with Crippen LogP contribution in [0.25, 0.3) is 0 Å². The summed E-state index contributed by atoms with van der Waals surface area (Å²) < 4.78 is 52.0. The molecule has 3 N–H and O–H groups in total. The number of aliphatic hydroxyl groups excluding tert-OH is 1. The summed E-state index contributed by atoms with van der Waals surface area (Å²) in [5.74, 6) is -2.65. The van der Waals surface area contributed by atoms with Gasteiger partial charge in [-0.05, 0) is 23.8 Å². The third-order valence-corrected chi connectivity index (χ3v) is 4.55. The van der Waals surface area contributed by atoms with E-state index < -0.39 is 27.6 Å². The molecule has 1 aromatic carbocycles. The molecule has 0 saturated heterocycles. The Morgan fingerprint density at radius 2 is 1.92 bits per heavy atom. The molecule has 7 nitrogen and oxygen atoms in total. The van der Waals surface area contributed by atoms with E-state index in [1.165, 1.54) is 12.3 Å². The third kappa shape index (κ3) is 5.02. The summed E-state index contributed by atoms with van der Waals surface area (Å²) in [6, 6.07) is 4.33. The van der Waals surface area contributed by atoms with Crippen LogP contribution in [0.2, 0.25) is 0 Å². The van der Waals surface area contributed by atoms with Crippen molar-refractivity contribution in [1.29, 1.82) is 0 Å². The van der Waals surface area contributed by atoms with Crippen LogP contribution in [0.5, 0.6) is 0 Å². The van der Waals surface area contributed by atoms with Crippen LogP contribution < -0.4 is 10.0 Å². The number of amides is 1. The van der Waals surface area contributed by atoms with Crippen molar-refractivity contribution in [2.45, 2.75) is 11.4 Å². The Kier molecular flexibility index (Phi) is 6.12. The molecule has 0 saturated carbocycles. The molecule has 1 amide bonds. The summed E-state index contributed by atoms with van der Waals surface area (Å²) in [4.78, 5) is 15.6. The molecule has 0 unspecified atom stereocenters. The standard InChI is InChI=1S/C15H15F2N3O4S/c16-13-2-1-10(5-14(13)17)7-19-15(22)11-6-12(9-18-8-11)25(23,24)20-3-4-21/h1-2,5-6,8-9,20-21H,3-4,7H2,(H,19,22). The van der Waals surface area contributed by atoms with Gasteiger partial charge in [0, 0.05) is 25.5 Å². The van der Waals surface area contributed by atoms with Gasteiger partial charge in [0.25, 0.3) is 5.91 Å². The zero-order chi connectivity index (χ0) is 18.4. The van der Waals surface area contributed by atoms with Gasteiger partial charge in [-0.3, -0.25) is 9.78 Å². The maximum Gasteiger partial charge on any atom is 0.253 e. The third-order valence-electron chi connectivity index (χ3n) is 3.13. The smallest absolute Gasteiger partial charge is 0.253 e. The molecule has 0 fully saturated rings. The summed E-state index contributed by atoms with van der Waals surface area (Å²) >= 11 is 0. The molecule has 0 atom stereocenters. The lowest BCUT2D eigenvalue weighted by molar-refractivity contribution is 0.0950. The SMILES string of the molecule is O=C(NCc1ccc(F)c(F)c1)c1cncc(S(=O)(=O)NCCO)c1. The summed E-state index contributed by atoms with van der Waals surface area (Å²) in [6.07, 6.45) is 2.23. The Labute approximate surface area is 142 Å². The minimum atomic E-state index is -3.90. The predicted octanol–water partition coefficient (Wildman–Crippen LogP) is 0.560. The first-order valence-electron chi connectivity index (χ1n) is 7.11. The topological polar surface area (TPSA) is 108 Å². The quantitative estimate of drug-likeness (QED) is 0.659. The van der Waals surface area contributed by atoms with Crippen molar-refractivity contribution in [3.8, 4) is 0 Å². The number of rotatable bonds is 7. The largest absolute Gasteiger partial charge is 0.395 e. The Morgan fingerprint density at radius 3 is 2.60 bits per heavy atom. The molecule has 1 heterocycles. The second kappa shape index (κ2) is 8.10. The summed E-state index contributed by atoms with van der Waals surface area (Å²) in [6.45, 7) is -0.619. The lowest BCUT2D eigenvalue weighted by atomic mass is 10.2. The molecule has 0 bridgehead atoms. The number of pyridine rings is 1. The lowest BCUT2D eigenvalue weighted by Crippen LogP contribution is -2.28. The number of nitrogens with one attached hydrogen (secondary N) is 2. The van der Waals surface area contributed by atoms with Crippen LogP contribution in [0.15, 0.2) is 41.6 Å². The first-order valence-corrected chi connectivity index (χ1v) is 8.59. The number of hydrogen-bond donors (Lipinski definition) is 3. The highest BCUT2D eigenvalue weighted by Gasteiger charge is 2.16. The molecular weight excluding hydrogens is 356 g/mol. The molecule has 10 heteroatoms. The average Bonchev–Trinajstić information content (AvgIpc) is 2.61. The van der Waals surface area contributed by atoms with Gasteiger partial charge < -0.3 is 10.4 Å². The number of nitrogens with zero attached hydrogens (tertiary/aromatic N) is 1. The number of carbonyl (C=O) groups is 1. The summed E-state index contributed by atoms with van der Waals surface area (Å²) in [7, 11) is -3.90. The van der Waals surface area contributed by atoms with Crippen molar-refractivity contribution in [1.82, 2.24) is 15.0 Å². The Balaban J connectivity index is 2.09. The minimum Gasteiger partial charge on any atom is -0.395 e. The van der Waals surface area contributed by atoms with Gasteiger partial charge in [-0.15, -0.1) is 0 Å². The lowest BCUT2D eigenvalue weighted by Gasteiger charge is -2.08. The number of benzene rings is 1. The van der Waals surface area contributed by atoms with E-state index in [-0.39, 0.29) is 30.2 Å². The average molecular weight is 371 g/mol. The van der Waals surface area contributed by atoms with E-state index >= 15 is 0 Å². The van der Waals surface area contributed by atoms with Crippen LogP contribution in [0, 0.1) is 11.6 Å². The Hall–Kier alpha value is -2.43. The van der Waals surface area contributed by atoms with E-state index in [1.807, 2.05) is 0 Å². The summed E-state index contributed by atoms with van der Waals surface area (Å²) in [5.41, 5.74) is 0.322. The van der Waals surface area contributed by atoms with Crippen LogP contribution in [0.1, 0.15) is 15.9 Å². The van der Waals surface area contributed by atoms with Crippen molar-refractivity contribution >= 4 is 15.9 Å². The van der Waals surface area contributed by atoms with Crippen LogP contribution in [-0.4, -0.2) is 37.6 Å². The van der Waals surface area contributed by atoms with E-state index in [9.17, 15) is 22.0 Å². The maximum absolute atomic E-state index is 13.1. The highest BCUT2D eigenvalue weighted by atomic mass is 32.2. The van der Waals surface area contributed by atoms with Gasteiger partial charge in [-0.1, -0.05) is 6.07 Å². The van der Waals surface area contributed by atoms with Crippen molar-refractivity contribution in [2.24, 2.45) is 0 Å². The molecular formula is C15H15F2N3O4S. The van der Waals surface area contributed by atoms with Crippen LogP contribution in [0.3, 0.4) is 0 Å². The molecule has 2 aromatic rings. The molecule has 0 aliphatic heterocycles. The fourth-order valence-electron chi connectivity index (χ4n) is 1.89. The highest BCUT2D eigenvalue weighted by Crippen LogP contribution is 2.11. The second-order valence-electron chi connectivity index (χ2n) is 4.96. The van der Waals surface area contributed by atoms with E-state index in [2.05, 4.69) is 15.0 Å². The van der Waals surface area contributed by atoms with Crippen LogP contribution in [-0.2, 0) is 16.6 Å². The zero-order valence-corrected chi connectivity index (χ0v) is 13.7. The van der Waals surface area contributed by atoms with Gasteiger partial charge in [0.05, 0.1) is 12.2 Å². The van der Waals surface area contributed by atoms with Gasteiger partial charge >= 0.3 is 0 Å². The molecule has 134 valence electrons. The van der Waals surface area contributed by atoms with E-state index in [1.54, 1.807) is 0 Å². The van der Waals surface area contributed by atoms with Gasteiger partial charge in [-0.2, -0.15) is 0 Å². The predicted molar refractivity (Wildman–Crippen MR) is 84.0 cm³/mol. The normalized spacial score (nSPS) is 11.3. The number of aromatic nitrogens is 1. The first-order chi connectivity index (χ1) is 11.8. The first kappa shape index (κ1) is 18.9. The number of carbonyl (C=O) groups excluding carboxylic acids is 1. The zero-order valence-electron chi connectivity index (χ0n) is 12.9. The molecule has 0 spiro atoms. The Bertz CT molecular complexity index is 875. The molecule has 0 radical (unpaired) electrons. The van der Waals surface area contributed by atoms with Gasteiger partial charge in [0.15, 0.2) is 11.6 Å². The van der Waals surface area contributed by atoms with Crippen LogP contribution >= 0.6 is 0 Å². The molecule has 0 aliphatic carbocycles. The number of aliphatic hydroxyl groups is 1. The van der Waals surface area contributed by atoms with Gasteiger partial charge in [0.1, 0.15) is 4.90 Å². The van der Waals surface area contributed by atoms with Crippen molar-refractivity contribution < 1.29 is 27.1 Å². The maximum atomic E-state index is 13.1. The number of halogens is 2. The van der Waals surface area contributed by atoms with Gasteiger partial charge in [-0.25, -0.2) is 21.9 Å². The fraction of sp³-hybridized carbons (Fsp3) is 0.200. The minimum absolute atomic E-state index is 0.0190. The second-order valence-corrected chi connectivity index (χ2v) is 6.73. The monoisotopic (exact) mass is 371 g/mol. The van der Waals surface area contributed by atoms with Gasteiger partial charge in [0.2, 0.25) is 10.0 Å². The summed E-state index contributed by atoms with van der Waals surface area (Å²) in [5, 5.41) is 11.1. The van der Waals surface area contributed by atoms with Crippen LogP contribution in [0.4, 0.5) is 8.78 Å². The number of hydrogen-bond acceptors (Lipinski definition) is 5. The Morgan fingerprint density at radius 1 is 1.16 bits per heavy atom. The molecule has 2 rings (SSSR count). The molecule has 0 aliphatic rings. The van der Waals surface area contributed by atoms with E-state index in [0.29, 0.717) is 5.56 Å². The van der Waals surface area contributed by atoms with E-state index in [4.69, 9.17) is 5.11 Å². The molecule has 1 aromatic heterocycles.